The molecule has 7 rings (SSSR count). The minimum absolute atomic E-state index is 0.184. The summed E-state index contributed by atoms with van der Waals surface area (Å²) in [4.78, 5) is 11.8. The molecule has 8 nitrogen and oxygen atoms in total. The molecule has 2 N–H and O–H groups in total. The van der Waals surface area contributed by atoms with Crippen LogP contribution in [0.2, 0.25) is 0 Å². The van der Waals surface area contributed by atoms with Crippen LogP contribution in [0.4, 0.5) is 16.0 Å². The maximum Gasteiger partial charge on any atom is 0.243 e. The van der Waals surface area contributed by atoms with Crippen LogP contribution in [-0.2, 0) is 0 Å². The van der Waals surface area contributed by atoms with Gasteiger partial charge in [-0.3, -0.25) is 5.10 Å². The van der Waals surface area contributed by atoms with Gasteiger partial charge in [0, 0.05) is 24.3 Å². The van der Waals surface area contributed by atoms with E-state index in [1.807, 2.05) is 6.20 Å². The molecule has 2 aliphatic carbocycles. The quantitative estimate of drug-likeness (QED) is 0.745. The van der Waals surface area contributed by atoms with Gasteiger partial charge in [0.05, 0.1) is 12.2 Å². The Morgan fingerprint density at radius 2 is 2.19 bits per heavy atom. The average molecular weight is 354 g/mol. The highest BCUT2D eigenvalue weighted by Gasteiger charge is 2.44. The fourth-order valence-corrected chi connectivity index (χ4v) is 4.35. The Hall–Kier alpha value is -2.71. The minimum atomic E-state index is -0.813. The van der Waals surface area contributed by atoms with Gasteiger partial charge in [-0.2, -0.15) is 14.6 Å². The number of aromatic amines is 1. The van der Waals surface area contributed by atoms with Crippen molar-refractivity contribution in [1.82, 2.24) is 29.8 Å². The number of rotatable bonds is 4. The van der Waals surface area contributed by atoms with Crippen molar-refractivity contribution in [2.45, 2.75) is 43.9 Å². The van der Waals surface area contributed by atoms with E-state index in [4.69, 9.17) is 4.98 Å². The predicted molar refractivity (Wildman–Crippen MR) is 93.8 cm³/mol. The number of alkyl halides is 1. The van der Waals surface area contributed by atoms with E-state index < -0.39 is 6.17 Å². The molecule has 0 spiro atoms. The molecule has 0 aromatic carbocycles. The second-order valence-electron chi connectivity index (χ2n) is 7.62. The van der Waals surface area contributed by atoms with Gasteiger partial charge in [-0.1, -0.05) is 0 Å². The molecule has 134 valence electrons. The molecule has 2 atom stereocenters. The van der Waals surface area contributed by atoms with E-state index in [1.165, 1.54) is 12.8 Å². The molecular weight excluding hydrogens is 335 g/mol. The highest BCUT2D eigenvalue weighted by molar-refractivity contribution is 5.85. The summed E-state index contributed by atoms with van der Waals surface area (Å²) in [5.41, 5.74) is 3.57. The van der Waals surface area contributed by atoms with E-state index in [0.717, 1.165) is 41.5 Å². The fraction of sp³-hybridized carbons (Fsp3) is 0.529. The van der Waals surface area contributed by atoms with Gasteiger partial charge in [-0.05, 0) is 31.6 Å². The molecule has 26 heavy (non-hydrogen) atoms. The first kappa shape index (κ1) is 14.5. The van der Waals surface area contributed by atoms with Gasteiger partial charge in [0.2, 0.25) is 5.95 Å². The van der Waals surface area contributed by atoms with Crippen LogP contribution in [0.1, 0.15) is 25.7 Å². The third-order valence-corrected chi connectivity index (χ3v) is 6.03. The Bertz CT molecular complexity index is 961. The Morgan fingerprint density at radius 3 is 2.85 bits per heavy atom. The summed E-state index contributed by atoms with van der Waals surface area (Å²) in [6, 6.07) is 0.366. The van der Waals surface area contributed by atoms with Crippen LogP contribution in [0, 0.1) is 5.92 Å². The Kier molecular flexibility index (Phi) is 2.86. The highest BCUT2D eigenvalue weighted by atomic mass is 19.1. The number of halogens is 1. The number of nitrogens with one attached hydrogen (secondary N) is 2. The van der Waals surface area contributed by atoms with Crippen molar-refractivity contribution in [1.29, 1.82) is 0 Å². The minimum Gasteiger partial charge on any atom is -0.363 e. The fourth-order valence-electron chi connectivity index (χ4n) is 4.35. The lowest BCUT2D eigenvalue weighted by molar-refractivity contribution is 0.186. The first-order chi connectivity index (χ1) is 12.8. The highest BCUT2D eigenvalue weighted by Crippen LogP contribution is 2.46. The smallest absolute Gasteiger partial charge is 0.243 e. The molecule has 0 amide bonds. The predicted octanol–water partition coefficient (Wildman–Crippen LogP) is 2.03. The molecule has 0 radical (unpaired) electrons. The van der Waals surface area contributed by atoms with Crippen LogP contribution < -0.4 is 10.2 Å². The summed E-state index contributed by atoms with van der Waals surface area (Å²) in [5.74, 6) is 1.23. The average Bonchev–Trinajstić information content (AvgIpc) is 3.38. The van der Waals surface area contributed by atoms with Gasteiger partial charge < -0.3 is 10.2 Å². The van der Waals surface area contributed by atoms with Gasteiger partial charge in [-0.15, -0.1) is 5.10 Å². The van der Waals surface area contributed by atoms with Gasteiger partial charge in [0.15, 0.2) is 5.65 Å². The number of nitrogens with zero attached hydrogens (tertiary/aromatic N) is 6. The summed E-state index contributed by atoms with van der Waals surface area (Å²) in [6.07, 6.45) is 8.38. The largest absolute Gasteiger partial charge is 0.363 e. The van der Waals surface area contributed by atoms with Crippen LogP contribution in [0.5, 0.6) is 0 Å². The molecule has 9 heteroatoms. The topological polar surface area (TPSA) is 87.0 Å². The Morgan fingerprint density at radius 1 is 1.27 bits per heavy atom. The van der Waals surface area contributed by atoms with E-state index in [1.54, 1.807) is 17.0 Å². The molecular formula is C17H19FN8. The van der Waals surface area contributed by atoms with Crippen molar-refractivity contribution in [2.75, 3.05) is 16.8 Å². The molecule has 4 fully saturated rings. The van der Waals surface area contributed by atoms with Crippen LogP contribution in [-0.4, -0.2) is 54.6 Å². The second kappa shape index (κ2) is 5.15. The zero-order valence-electron chi connectivity index (χ0n) is 14.1. The normalized spacial score (nSPS) is 29.7. The van der Waals surface area contributed by atoms with Crippen LogP contribution in [0.25, 0.3) is 16.9 Å². The van der Waals surface area contributed by atoms with Crippen molar-refractivity contribution in [3.63, 3.8) is 0 Å². The summed E-state index contributed by atoms with van der Waals surface area (Å²) >= 11 is 0. The monoisotopic (exact) mass is 354 g/mol. The van der Waals surface area contributed by atoms with Crippen molar-refractivity contribution in [2.24, 2.45) is 5.92 Å². The molecule has 2 aliphatic heterocycles. The summed E-state index contributed by atoms with van der Waals surface area (Å²) in [6.45, 7) is 1.03. The summed E-state index contributed by atoms with van der Waals surface area (Å²) < 4.78 is 15.3. The first-order valence-corrected chi connectivity index (χ1v) is 9.18. The SMILES string of the molecule is F[C@H]1CC[C@@H]1Nc1nc2c(N3CC4CC3C4)c(-c3cn[nH]c3)ncn2n1. The number of hydrogen-bond acceptors (Lipinski definition) is 6. The van der Waals surface area contributed by atoms with Gasteiger partial charge in [-0.25, -0.2) is 9.37 Å². The van der Waals surface area contributed by atoms with Crippen molar-refractivity contribution >= 4 is 17.3 Å². The third-order valence-electron chi connectivity index (χ3n) is 6.03. The molecule has 5 heterocycles. The number of fused-ring (bicyclic) bond motifs is 2. The van der Waals surface area contributed by atoms with Crippen molar-refractivity contribution < 1.29 is 4.39 Å². The number of H-pyrrole nitrogens is 1. The third kappa shape index (κ3) is 1.99. The molecule has 0 unspecified atom stereocenters. The summed E-state index contributed by atoms with van der Waals surface area (Å²) in [5, 5.41) is 14.5. The van der Waals surface area contributed by atoms with Gasteiger partial charge in [0.25, 0.3) is 0 Å². The van der Waals surface area contributed by atoms with Crippen LogP contribution >= 0.6 is 0 Å². The molecule has 3 aromatic rings. The molecule has 3 aromatic heterocycles. The molecule has 4 aliphatic rings. The summed E-state index contributed by atoms with van der Waals surface area (Å²) in [7, 11) is 0. The van der Waals surface area contributed by atoms with Crippen LogP contribution in [0.15, 0.2) is 18.7 Å². The maximum absolute atomic E-state index is 13.6. The standard InChI is InChI=1S/C17H19FN8/c18-12-1-2-13(12)22-17-23-16-15(25-7-9-3-11(25)4-9)14(10-5-20-21-6-10)19-8-26(16)24-17/h5-6,8-9,11-13H,1-4,7H2,(H,20,21)(H,22,24)/t9?,11?,12-,13-/m0/s1. The lowest BCUT2D eigenvalue weighted by Gasteiger charge is -2.30. The van der Waals surface area contributed by atoms with E-state index >= 15 is 0 Å². The van der Waals surface area contributed by atoms with Gasteiger partial charge in [0.1, 0.15) is 23.9 Å². The molecule has 2 saturated carbocycles. The van der Waals surface area contributed by atoms with Crippen molar-refractivity contribution in [3.8, 4) is 11.3 Å². The number of hydrogen-bond donors (Lipinski definition) is 2. The zero-order chi connectivity index (χ0) is 17.3. The van der Waals surface area contributed by atoms with E-state index in [9.17, 15) is 4.39 Å². The van der Waals surface area contributed by atoms with E-state index in [2.05, 4.69) is 30.5 Å². The van der Waals surface area contributed by atoms with Gasteiger partial charge >= 0.3 is 0 Å². The molecule has 2 saturated heterocycles. The maximum atomic E-state index is 13.6. The van der Waals surface area contributed by atoms with Crippen molar-refractivity contribution in [3.05, 3.63) is 18.7 Å². The van der Waals surface area contributed by atoms with E-state index in [-0.39, 0.29) is 6.04 Å². The lowest BCUT2D eigenvalue weighted by Crippen LogP contribution is -2.40. The lowest BCUT2D eigenvalue weighted by atomic mass is 9.86. The Labute approximate surface area is 148 Å². The zero-order valence-corrected chi connectivity index (χ0v) is 14.1. The Balaban J connectivity index is 1.48. The number of anilines is 2. The second-order valence-corrected chi connectivity index (χ2v) is 7.62. The molecule has 2 bridgehead atoms. The van der Waals surface area contributed by atoms with E-state index in [0.29, 0.717) is 18.4 Å². The first-order valence-electron chi connectivity index (χ1n) is 9.18. The number of aromatic nitrogens is 6. The van der Waals surface area contributed by atoms with Crippen LogP contribution in [0.3, 0.4) is 0 Å².